The number of piperidine rings is 1. The van der Waals surface area contributed by atoms with Crippen LogP contribution in [0.1, 0.15) is 58.3 Å². The Bertz CT molecular complexity index is 272. The first kappa shape index (κ1) is 13.9. The summed E-state index contributed by atoms with van der Waals surface area (Å²) in [6.45, 7) is 6.52. The van der Waals surface area contributed by atoms with E-state index in [1.165, 1.54) is 38.5 Å². The maximum atomic E-state index is 12.1. The van der Waals surface area contributed by atoms with Crippen LogP contribution in [0.4, 0.5) is 0 Å². The molecule has 2 rings (SSSR count). The fourth-order valence-corrected chi connectivity index (χ4v) is 3.37. The number of nitrogens with one attached hydrogen (secondary N) is 1. The van der Waals surface area contributed by atoms with Crippen LogP contribution in [-0.2, 0) is 4.79 Å². The SMILES string of the molecule is CCCCCCC(=O)N1CCC2(CCNCC2)C1. The van der Waals surface area contributed by atoms with Crippen molar-refractivity contribution >= 4 is 5.91 Å². The van der Waals surface area contributed by atoms with Gasteiger partial charge in [-0.25, -0.2) is 0 Å². The Balaban J connectivity index is 1.72. The second kappa shape index (κ2) is 6.55. The largest absolute Gasteiger partial charge is 0.342 e. The summed E-state index contributed by atoms with van der Waals surface area (Å²) in [7, 11) is 0. The van der Waals surface area contributed by atoms with Crippen molar-refractivity contribution in [3.63, 3.8) is 0 Å². The standard InChI is InChI=1S/C15H28N2O/c1-2-3-4-5-6-14(18)17-12-9-15(13-17)7-10-16-11-8-15/h16H,2-13H2,1H3. The second-order valence-corrected chi connectivity index (χ2v) is 6.13. The summed E-state index contributed by atoms with van der Waals surface area (Å²) in [6, 6.07) is 0. The first-order valence-electron chi connectivity index (χ1n) is 7.74. The predicted molar refractivity (Wildman–Crippen MR) is 74.5 cm³/mol. The lowest BCUT2D eigenvalue weighted by Gasteiger charge is -2.33. The predicted octanol–water partition coefficient (Wildman–Crippen LogP) is 2.56. The van der Waals surface area contributed by atoms with Gasteiger partial charge in [0.2, 0.25) is 5.91 Å². The zero-order valence-electron chi connectivity index (χ0n) is 11.8. The van der Waals surface area contributed by atoms with Gasteiger partial charge in [-0.3, -0.25) is 4.79 Å². The number of amides is 1. The third kappa shape index (κ3) is 3.47. The Morgan fingerprint density at radius 3 is 2.67 bits per heavy atom. The fourth-order valence-electron chi connectivity index (χ4n) is 3.37. The van der Waals surface area contributed by atoms with Crippen LogP contribution in [0, 0.1) is 5.41 Å². The molecule has 0 atom stereocenters. The van der Waals surface area contributed by atoms with Gasteiger partial charge in [-0.15, -0.1) is 0 Å². The van der Waals surface area contributed by atoms with Crippen LogP contribution >= 0.6 is 0 Å². The van der Waals surface area contributed by atoms with Gasteiger partial charge in [-0.05, 0) is 44.2 Å². The third-order valence-corrected chi connectivity index (χ3v) is 4.70. The van der Waals surface area contributed by atoms with Crippen LogP contribution in [0.5, 0.6) is 0 Å². The molecular formula is C15H28N2O. The molecule has 2 aliphatic rings. The average Bonchev–Trinajstić information content (AvgIpc) is 2.79. The van der Waals surface area contributed by atoms with Crippen LogP contribution in [0.2, 0.25) is 0 Å². The molecule has 1 amide bonds. The highest BCUT2D eigenvalue weighted by Gasteiger charge is 2.40. The van der Waals surface area contributed by atoms with E-state index in [4.69, 9.17) is 0 Å². The Morgan fingerprint density at radius 2 is 1.94 bits per heavy atom. The van der Waals surface area contributed by atoms with E-state index in [0.29, 0.717) is 11.3 Å². The monoisotopic (exact) mass is 252 g/mol. The first-order chi connectivity index (χ1) is 8.76. The van der Waals surface area contributed by atoms with Crippen molar-refractivity contribution in [2.24, 2.45) is 5.41 Å². The highest BCUT2D eigenvalue weighted by Crippen LogP contribution is 2.38. The van der Waals surface area contributed by atoms with E-state index in [2.05, 4.69) is 17.1 Å². The van der Waals surface area contributed by atoms with E-state index in [1.54, 1.807) is 0 Å². The highest BCUT2D eigenvalue weighted by molar-refractivity contribution is 5.76. The molecule has 0 radical (unpaired) electrons. The molecule has 2 aliphatic heterocycles. The summed E-state index contributed by atoms with van der Waals surface area (Å²) < 4.78 is 0. The van der Waals surface area contributed by atoms with Gasteiger partial charge in [-0.2, -0.15) is 0 Å². The molecule has 0 aromatic carbocycles. The van der Waals surface area contributed by atoms with E-state index >= 15 is 0 Å². The maximum absolute atomic E-state index is 12.1. The lowest BCUT2D eigenvalue weighted by molar-refractivity contribution is -0.130. The zero-order chi connectivity index (χ0) is 12.8. The van der Waals surface area contributed by atoms with Crippen LogP contribution in [0.15, 0.2) is 0 Å². The normalized spacial score (nSPS) is 22.6. The van der Waals surface area contributed by atoms with Crippen molar-refractivity contribution in [3.8, 4) is 0 Å². The topological polar surface area (TPSA) is 32.3 Å². The highest BCUT2D eigenvalue weighted by atomic mass is 16.2. The van der Waals surface area contributed by atoms with Gasteiger partial charge in [0.15, 0.2) is 0 Å². The van der Waals surface area contributed by atoms with E-state index < -0.39 is 0 Å². The van der Waals surface area contributed by atoms with Crippen LogP contribution < -0.4 is 5.32 Å². The molecule has 0 aromatic heterocycles. The molecule has 104 valence electrons. The number of carbonyl (C=O) groups excluding carboxylic acids is 1. The average molecular weight is 252 g/mol. The van der Waals surface area contributed by atoms with Crippen molar-refractivity contribution < 1.29 is 4.79 Å². The fraction of sp³-hybridized carbons (Fsp3) is 0.933. The number of hydrogen-bond acceptors (Lipinski definition) is 2. The van der Waals surface area contributed by atoms with Gasteiger partial charge < -0.3 is 10.2 Å². The molecule has 1 N–H and O–H groups in total. The lowest BCUT2D eigenvalue weighted by Crippen LogP contribution is -2.39. The minimum Gasteiger partial charge on any atom is -0.342 e. The molecule has 18 heavy (non-hydrogen) atoms. The minimum atomic E-state index is 0.404. The molecular weight excluding hydrogens is 224 g/mol. The number of hydrogen-bond donors (Lipinski definition) is 1. The molecule has 0 unspecified atom stereocenters. The molecule has 0 saturated carbocycles. The smallest absolute Gasteiger partial charge is 0.222 e. The molecule has 0 bridgehead atoms. The van der Waals surface area contributed by atoms with Crippen molar-refractivity contribution in [1.82, 2.24) is 10.2 Å². The molecule has 3 nitrogen and oxygen atoms in total. The van der Waals surface area contributed by atoms with Crippen molar-refractivity contribution in [1.29, 1.82) is 0 Å². The van der Waals surface area contributed by atoms with Crippen molar-refractivity contribution in [2.45, 2.75) is 58.3 Å². The van der Waals surface area contributed by atoms with Gasteiger partial charge in [0.1, 0.15) is 0 Å². The quantitative estimate of drug-likeness (QED) is 0.763. The van der Waals surface area contributed by atoms with E-state index in [0.717, 1.165) is 39.0 Å². The Hall–Kier alpha value is -0.570. The summed E-state index contributed by atoms with van der Waals surface area (Å²) >= 11 is 0. The summed E-state index contributed by atoms with van der Waals surface area (Å²) in [5, 5.41) is 3.42. The number of unbranched alkanes of at least 4 members (excludes halogenated alkanes) is 3. The molecule has 2 fully saturated rings. The van der Waals surface area contributed by atoms with Gasteiger partial charge >= 0.3 is 0 Å². The van der Waals surface area contributed by atoms with Gasteiger partial charge in [0, 0.05) is 19.5 Å². The first-order valence-corrected chi connectivity index (χ1v) is 7.74. The molecule has 2 heterocycles. The second-order valence-electron chi connectivity index (χ2n) is 6.13. The maximum Gasteiger partial charge on any atom is 0.222 e. The van der Waals surface area contributed by atoms with E-state index in [-0.39, 0.29) is 0 Å². The van der Waals surface area contributed by atoms with E-state index in [9.17, 15) is 4.79 Å². The van der Waals surface area contributed by atoms with Crippen LogP contribution in [0.25, 0.3) is 0 Å². The van der Waals surface area contributed by atoms with Gasteiger partial charge in [0.25, 0.3) is 0 Å². The van der Waals surface area contributed by atoms with Crippen molar-refractivity contribution in [2.75, 3.05) is 26.2 Å². The van der Waals surface area contributed by atoms with Gasteiger partial charge in [-0.1, -0.05) is 26.2 Å². The Kier molecular flexibility index (Phi) is 5.04. The number of nitrogens with zero attached hydrogens (tertiary/aromatic N) is 1. The zero-order valence-corrected chi connectivity index (χ0v) is 11.8. The number of carbonyl (C=O) groups is 1. The molecule has 0 aromatic rings. The van der Waals surface area contributed by atoms with Crippen LogP contribution in [-0.4, -0.2) is 37.0 Å². The van der Waals surface area contributed by atoms with Gasteiger partial charge in [0.05, 0.1) is 0 Å². The third-order valence-electron chi connectivity index (χ3n) is 4.70. The molecule has 0 aliphatic carbocycles. The summed E-state index contributed by atoms with van der Waals surface area (Å²) in [5.74, 6) is 0.404. The van der Waals surface area contributed by atoms with E-state index in [1.807, 2.05) is 0 Å². The Morgan fingerprint density at radius 1 is 1.17 bits per heavy atom. The lowest BCUT2D eigenvalue weighted by atomic mass is 9.78. The summed E-state index contributed by atoms with van der Waals surface area (Å²) in [4.78, 5) is 14.3. The number of likely N-dealkylation sites (tertiary alicyclic amines) is 1. The molecule has 3 heteroatoms. The number of rotatable bonds is 5. The molecule has 2 saturated heterocycles. The minimum absolute atomic E-state index is 0.404. The van der Waals surface area contributed by atoms with Crippen molar-refractivity contribution in [3.05, 3.63) is 0 Å². The summed E-state index contributed by atoms with van der Waals surface area (Å²) in [5.41, 5.74) is 0.463. The summed E-state index contributed by atoms with van der Waals surface area (Å²) in [6.07, 6.45) is 9.32. The van der Waals surface area contributed by atoms with Crippen LogP contribution in [0.3, 0.4) is 0 Å². The molecule has 1 spiro atoms. The Labute approximate surface area is 111 Å².